The number of hydrogen-bond donors (Lipinski definition) is 2. The molecule has 19 heavy (non-hydrogen) atoms. The first kappa shape index (κ1) is 16.5. The molecule has 0 saturated carbocycles. The number of halogens is 1. The van der Waals surface area contributed by atoms with Crippen molar-refractivity contribution in [1.29, 1.82) is 0 Å². The van der Waals surface area contributed by atoms with E-state index < -0.39 is 5.54 Å². The Morgan fingerprint density at radius 1 is 1.47 bits per heavy atom. The first-order valence-corrected chi connectivity index (χ1v) is 8.08. The van der Waals surface area contributed by atoms with E-state index in [1.807, 2.05) is 39.0 Å². The van der Waals surface area contributed by atoms with Crippen molar-refractivity contribution in [3.8, 4) is 0 Å². The van der Waals surface area contributed by atoms with Gasteiger partial charge in [-0.3, -0.25) is 4.79 Å². The fourth-order valence-electron chi connectivity index (χ4n) is 1.83. The third-order valence-corrected chi connectivity index (χ3v) is 4.88. The molecule has 0 saturated heterocycles. The highest BCUT2D eigenvalue weighted by atomic mass is 79.9. The van der Waals surface area contributed by atoms with E-state index >= 15 is 0 Å². The number of carbonyl (C=O) groups is 1. The maximum atomic E-state index is 11.6. The number of amides is 1. The van der Waals surface area contributed by atoms with Crippen molar-refractivity contribution in [2.24, 2.45) is 5.73 Å². The van der Waals surface area contributed by atoms with E-state index in [-0.39, 0.29) is 11.9 Å². The van der Waals surface area contributed by atoms with Gasteiger partial charge in [0.2, 0.25) is 5.91 Å². The van der Waals surface area contributed by atoms with E-state index in [0.29, 0.717) is 6.42 Å². The monoisotopic (exact) mass is 344 g/mol. The van der Waals surface area contributed by atoms with Crippen LogP contribution in [0.1, 0.15) is 27.2 Å². The Kier molecular flexibility index (Phi) is 6.36. The molecule has 1 rings (SSSR count). The van der Waals surface area contributed by atoms with Crippen LogP contribution in [0, 0.1) is 0 Å². The van der Waals surface area contributed by atoms with Crippen molar-refractivity contribution in [2.45, 2.75) is 43.7 Å². The number of hydrogen-bond acceptors (Lipinski definition) is 3. The molecular formula is C14H21BrN2OS. The van der Waals surface area contributed by atoms with Crippen LogP contribution < -0.4 is 11.1 Å². The van der Waals surface area contributed by atoms with Crippen molar-refractivity contribution in [2.75, 3.05) is 5.75 Å². The fourth-order valence-corrected chi connectivity index (χ4v) is 3.57. The quantitative estimate of drug-likeness (QED) is 0.747. The number of primary amides is 1. The van der Waals surface area contributed by atoms with Crippen LogP contribution >= 0.6 is 27.7 Å². The van der Waals surface area contributed by atoms with Gasteiger partial charge in [0.15, 0.2) is 0 Å². The van der Waals surface area contributed by atoms with Crippen molar-refractivity contribution in [1.82, 2.24) is 5.32 Å². The van der Waals surface area contributed by atoms with Gasteiger partial charge < -0.3 is 11.1 Å². The van der Waals surface area contributed by atoms with Gasteiger partial charge in [-0.05, 0) is 55.3 Å². The molecule has 1 amide bonds. The molecule has 3 N–H and O–H groups in total. The van der Waals surface area contributed by atoms with Gasteiger partial charge in [0, 0.05) is 21.2 Å². The van der Waals surface area contributed by atoms with E-state index in [9.17, 15) is 4.79 Å². The van der Waals surface area contributed by atoms with Crippen LogP contribution in [-0.2, 0) is 4.79 Å². The maximum absolute atomic E-state index is 11.6. The molecule has 0 aliphatic rings. The van der Waals surface area contributed by atoms with Crippen LogP contribution in [0.25, 0.3) is 0 Å². The molecule has 0 aliphatic carbocycles. The maximum Gasteiger partial charge on any atom is 0.237 e. The summed E-state index contributed by atoms with van der Waals surface area (Å²) in [6.45, 7) is 5.90. The van der Waals surface area contributed by atoms with Crippen molar-refractivity contribution in [3.63, 3.8) is 0 Å². The average Bonchev–Trinajstić information content (AvgIpc) is 2.30. The van der Waals surface area contributed by atoms with Crippen LogP contribution in [0.2, 0.25) is 0 Å². The SMILES string of the molecule is CC(C)NC(C)(CCSc1ccccc1Br)C(N)=O. The molecule has 1 atom stereocenters. The molecule has 1 aromatic rings. The Morgan fingerprint density at radius 3 is 2.63 bits per heavy atom. The van der Waals surface area contributed by atoms with Gasteiger partial charge in [0.25, 0.3) is 0 Å². The summed E-state index contributed by atoms with van der Waals surface area (Å²) in [7, 11) is 0. The van der Waals surface area contributed by atoms with Gasteiger partial charge in [-0.2, -0.15) is 0 Å². The second-order valence-electron chi connectivity index (χ2n) is 5.02. The molecule has 106 valence electrons. The van der Waals surface area contributed by atoms with Crippen LogP contribution in [-0.4, -0.2) is 23.2 Å². The fraction of sp³-hybridized carbons (Fsp3) is 0.500. The summed E-state index contributed by atoms with van der Waals surface area (Å²) in [6.07, 6.45) is 0.701. The Morgan fingerprint density at radius 2 is 2.11 bits per heavy atom. The summed E-state index contributed by atoms with van der Waals surface area (Å²) in [5.74, 6) is 0.538. The topological polar surface area (TPSA) is 55.1 Å². The predicted molar refractivity (Wildman–Crippen MR) is 85.4 cm³/mol. The minimum absolute atomic E-state index is 0.228. The molecule has 0 aromatic heterocycles. The number of nitrogens with one attached hydrogen (secondary N) is 1. The Labute approximate surface area is 127 Å². The van der Waals surface area contributed by atoms with Crippen molar-refractivity contribution < 1.29 is 4.79 Å². The second-order valence-corrected chi connectivity index (χ2v) is 7.02. The molecule has 1 unspecified atom stereocenters. The zero-order valence-electron chi connectivity index (χ0n) is 11.6. The number of benzene rings is 1. The van der Waals surface area contributed by atoms with E-state index in [1.54, 1.807) is 11.8 Å². The van der Waals surface area contributed by atoms with Gasteiger partial charge in [0.05, 0.1) is 5.54 Å². The highest BCUT2D eigenvalue weighted by molar-refractivity contribution is 9.10. The first-order chi connectivity index (χ1) is 8.85. The second kappa shape index (κ2) is 7.31. The molecule has 0 fully saturated rings. The summed E-state index contributed by atoms with van der Waals surface area (Å²) in [5, 5.41) is 3.26. The molecule has 1 aromatic carbocycles. The standard InChI is InChI=1S/C14H21BrN2OS/c1-10(2)17-14(3,13(16)18)8-9-19-12-7-5-4-6-11(12)15/h4-7,10,17H,8-9H2,1-3H3,(H2,16,18). The van der Waals surface area contributed by atoms with E-state index in [4.69, 9.17) is 5.73 Å². The van der Waals surface area contributed by atoms with Gasteiger partial charge in [-0.1, -0.05) is 12.1 Å². The van der Waals surface area contributed by atoms with E-state index in [0.717, 1.165) is 10.2 Å². The Balaban J connectivity index is 2.58. The minimum atomic E-state index is -0.650. The normalized spacial score (nSPS) is 14.4. The third-order valence-electron chi connectivity index (χ3n) is 2.85. The molecule has 0 spiro atoms. The predicted octanol–water partition coefficient (Wildman–Crippen LogP) is 3.17. The zero-order valence-corrected chi connectivity index (χ0v) is 14.0. The highest BCUT2D eigenvalue weighted by Gasteiger charge is 2.30. The molecular weight excluding hydrogens is 324 g/mol. The molecule has 5 heteroatoms. The van der Waals surface area contributed by atoms with Gasteiger partial charge in [-0.25, -0.2) is 0 Å². The lowest BCUT2D eigenvalue weighted by atomic mass is 9.97. The number of nitrogens with two attached hydrogens (primary N) is 1. The Hall–Kier alpha value is -0.520. The van der Waals surface area contributed by atoms with Crippen LogP contribution in [0.3, 0.4) is 0 Å². The lowest BCUT2D eigenvalue weighted by molar-refractivity contribution is -0.124. The molecule has 0 radical (unpaired) electrons. The van der Waals surface area contributed by atoms with E-state index in [1.165, 1.54) is 4.90 Å². The van der Waals surface area contributed by atoms with Crippen molar-refractivity contribution >= 4 is 33.6 Å². The van der Waals surface area contributed by atoms with E-state index in [2.05, 4.69) is 27.3 Å². The molecule has 0 heterocycles. The minimum Gasteiger partial charge on any atom is -0.368 e. The van der Waals surface area contributed by atoms with Gasteiger partial charge in [0.1, 0.15) is 0 Å². The molecule has 0 aliphatic heterocycles. The summed E-state index contributed by atoms with van der Waals surface area (Å²) in [6, 6.07) is 8.30. The number of rotatable bonds is 7. The lowest BCUT2D eigenvalue weighted by Gasteiger charge is -2.29. The largest absolute Gasteiger partial charge is 0.368 e. The highest BCUT2D eigenvalue weighted by Crippen LogP contribution is 2.28. The summed E-state index contributed by atoms with van der Waals surface area (Å²) >= 11 is 5.24. The number of carbonyl (C=O) groups excluding carboxylic acids is 1. The summed E-state index contributed by atoms with van der Waals surface area (Å²) < 4.78 is 1.08. The van der Waals surface area contributed by atoms with Crippen LogP contribution in [0.4, 0.5) is 0 Å². The van der Waals surface area contributed by atoms with Crippen molar-refractivity contribution in [3.05, 3.63) is 28.7 Å². The summed E-state index contributed by atoms with van der Waals surface area (Å²) in [5.41, 5.74) is 4.86. The number of thioether (sulfide) groups is 1. The van der Waals surface area contributed by atoms with Gasteiger partial charge >= 0.3 is 0 Å². The van der Waals surface area contributed by atoms with Crippen LogP contribution in [0.15, 0.2) is 33.6 Å². The zero-order chi connectivity index (χ0) is 14.5. The third kappa shape index (κ3) is 5.16. The Bertz CT molecular complexity index is 439. The first-order valence-electron chi connectivity index (χ1n) is 6.30. The average molecular weight is 345 g/mol. The summed E-state index contributed by atoms with van der Waals surface area (Å²) in [4.78, 5) is 12.8. The van der Waals surface area contributed by atoms with Gasteiger partial charge in [-0.15, -0.1) is 11.8 Å². The molecule has 3 nitrogen and oxygen atoms in total. The smallest absolute Gasteiger partial charge is 0.237 e. The van der Waals surface area contributed by atoms with Crippen LogP contribution in [0.5, 0.6) is 0 Å². The lowest BCUT2D eigenvalue weighted by Crippen LogP contribution is -2.55. The molecule has 0 bridgehead atoms.